The summed E-state index contributed by atoms with van der Waals surface area (Å²) >= 11 is 6.74. The predicted octanol–water partition coefficient (Wildman–Crippen LogP) is 4.51. The molecule has 0 amide bonds. The van der Waals surface area contributed by atoms with Crippen LogP contribution in [-0.2, 0) is 4.79 Å². The van der Waals surface area contributed by atoms with Crippen LogP contribution in [0.25, 0.3) is 0 Å². The number of hydrogen-bond acceptors (Lipinski definition) is 2. The van der Waals surface area contributed by atoms with E-state index in [9.17, 15) is 4.79 Å². The third kappa shape index (κ3) is 4.69. The van der Waals surface area contributed by atoms with Crippen LogP contribution >= 0.6 is 11.6 Å². The molecule has 1 unspecified atom stereocenters. The third-order valence-corrected chi connectivity index (χ3v) is 5.43. The Morgan fingerprint density at radius 3 is 2.48 bits per heavy atom. The van der Waals surface area contributed by atoms with Crippen molar-refractivity contribution in [2.24, 2.45) is 17.3 Å². The molecule has 0 heterocycles. The topological polar surface area (TPSA) is 37.3 Å². The van der Waals surface area contributed by atoms with Gasteiger partial charge in [-0.3, -0.25) is 4.79 Å². The van der Waals surface area contributed by atoms with Crippen molar-refractivity contribution in [3.8, 4) is 0 Å². The van der Waals surface area contributed by atoms with Crippen molar-refractivity contribution >= 4 is 17.4 Å². The van der Waals surface area contributed by atoms with Crippen LogP contribution in [0.1, 0.15) is 53.9 Å². The maximum atomic E-state index is 11.3. The van der Waals surface area contributed by atoms with Gasteiger partial charge in [-0.1, -0.05) is 31.6 Å². The lowest BCUT2D eigenvalue weighted by Crippen LogP contribution is -2.47. The Morgan fingerprint density at radius 1 is 1.33 bits per heavy atom. The summed E-state index contributed by atoms with van der Waals surface area (Å²) in [7, 11) is 0. The van der Waals surface area contributed by atoms with Gasteiger partial charge in [-0.2, -0.15) is 0 Å². The zero-order valence-electron chi connectivity index (χ0n) is 13.9. The molecule has 0 aliphatic heterocycles. The molecule has 21 heavy (non-hydrogen) atoms. The molecule has 1 aliphatic carbocycles. The van der Waals surface area contributed by atoms with E-state index in [2.05, 4.69) is 26.8 Å². The second-order valence-corrected chi connectivity index (χ2v) is 8.09. The number of ketones is 1. The van der Waals surface area contributed by atoms with Crippen molar-refractivity contribution in [3.63, 3.8) is 0 Å². The summed E-state index contributed by atoms with van der Waals surface area (Å²) in [4.78, 5) is 11.0. The number of hydrogen-bond donors (Lipinski definition) is 1. The minimum Gasteiger partial charge on any atom is -0.392 e. The number of aliphatic hydroxyl groups is 1. The highest BCUT2D eigenvalue weighted by atomic mass is 35.5. The molecule has 3 atom stereocenters. The quantitative estimate of drug-likeness (QED) is 0.461. The standard InChI is InChI=1S/C18H29ClO2/c1-13(12-20)6-8-15-10-11-18(5,19)16(17(15,3)4)9-7-14(2)21/h6-7,9,15-16,20H,8,10-12H2,1-5H3/b9-7+,13-6+/t15-,16-,18?/m0/s1. The largest absolute Gasteiger partial charge is 0.392 e. The van der Waals surface area contributed by atoms with E-state index in [1.165, 1.54) is 0 Å². The third-order valence-electron chi connectivity index (χ3n) is 5.01. The van der Waals surface area contributed by atoms with E-state index in [1.54, 1.807) is 13.0 Å². The van der Waals surface area contributed by atoms with E-state index < -0.39 is 0 Å². The Labute approximate surface area is 134 Å². The summed E-state index contributed by atoms with van der Waals surface area (Å²) in [5, 5.41) is 9.14. The van der Waals surface area contributed by atoms with Crippen LogP contribution in [0.4, 0.5) is 0 Å². The van der Waals surface area contributed by atoms with Crippen molar-refractivity contribution in [3.05, 3.63) is 23.8 Å². The molecule has 1 rings (SSSR count). The zero-order chi connectivity index (χ0) is 16.3. The fourth-order valence-electron chi connectivity index (χ4n) is 3.52. The fraction of sp³-hybridized carbons (Fsp3) is 0.722. The molecular formula is C18H29ClO2. The van der Waals surface area contributed by atoms with Gasteiger partial charge in [0.1, 0.15) is 0 Å². The van der Waals surface area contributed by atoms with Gasteiger partial charge in [0.05, 0.1) is 6.61 Å². The second-order valence-electron chi connectivity index (χ2n) is 7.23. The van der Waals surface area contributed by atoms with Gasteiger partial charge in [0.2, 0.25) is 0 Å². The van der Waals surface area contributed by atoms with Gasteiger partial charge >= 0.3 is 0 Å². The average molecular weight is 313 g/mol. The van der Waals surface area contributed by atoms with E-state index in [0.29, 0.717) is 5.92 Å². The van der Waals surface area contributed by atoms with Crippen LogP contribution < -0.4 is 0 Å². The van der Waals surface area contributed by atoms with Gasteiger partial charge in [0, 0.05) is 10.8 Å². The summed E-state index contributed by atoms with van der Waals surface area (Å²) in [6, 6.07) is 0. The molecule has 0 spiro atoms. The highest BCUT2D eigenvalue weighted by molar-refractivity contribution is 6.24. The smallest absolute Gasteiger partial charge is 0.152 e. The van der Waals surface area contributed by atoms with Gasteiger partial charge < -0.3 is 5.11 Å². The molecule has 1 saturated carbocycles. The Balaban J connectivity index is 2.99. The normalized spacial score (nSPS) is 33.4. The molecular weight excluding hydrogens is 284 g/mol. The Hall–Kier alpha value is -0.600. The summed E-state index contributed by atoms with van der Waals surface area (Å²) in [6.45, 7) is 10.2. The molecule has 2 nitrogen and oxygen atoms in total. The van der Waals surface area contributed by atoms with Gasteiger partial charge in [-0.15, -0.1) is 11.6 Å². The highest BCUT2D eigenvalue weighted by Crippen LogP contribution is 2.54. The number of allylic oxidation sites excluding steroid dienone is 3. The molecule has 0 radical (unpaired) electrons. The maximum Gasteiger partial charge on any atom is 0.152 e. The molecule has 0 aromatic carbocycles. The number of alkyl halides is 1. The van der Waals surface area contributed by atoms with Crippen molar-refractivity contribution in [2.45, 2.75) is 58.8 Å². The predicted molar refractivity (Wildman–Crippen MR) is 89.5 cm³/mol. The summed E-state index contributed by atoms with van der Waals surface area (Å²) in [5.74, 6) is 0.737. The molecule has 3 heteroatoms. The molecule has 1 aliphatic rings. The van der Waals surface area contributed by atoms with Crippen molar-refractivity contribution in [1.29, 1.82) is 0 Å². The first kappa shape index (κ1) is 18.4. The summed E-state index contributed by atoms with van der Waals surface area (Å²) in [5.41, 5.74) is 1.04. The SMILES string of the molecule is CC(=O)/C=C/[C@@H]1C(C)(Cl)CC[C@H](C/C=C(\C)CO)C1(C)C. The Kier molecular flexibility index (Phi) is 6.24. The minimum atomic E-state index is -0.304. The average Bonchev–Trinajstić information content (AvgIpc) is 2.35. The Bertz CT molecular complexity index is 432. The van der Waals surface area contributed by atoms with E-state index in [0.717, 1.165) is 24.8 Å². The van der Waals surface area contributed by atoms with Gasteiger partial charge in [-0.25, -0.2) is 0 Å². The monoisotopic (exact) mass is 312 g/mol. The lowest BCUT2D eigenvalue weighted by molar-refractivity contribution is -0.112. The first-order valence-electron chi connectivity index (χ1n) is 7.75. The highest BCUT2D eigenvalue weighted by Gasteiger charge is 2.48. The van der Waals surface area contributed by atoms with Crippen LogP contribution in [0.15, 0.2) is 23.8 Å². The first-order chi connectivity index (χ1) is 9.61. The van der Waals surface area contributed by atoms with E-state index in [4.69, 9.17) is 16.7 Å². The molecule has 0 aromatic heterocycles. The van der Waals surface area contributed by atoms with E-state index >= 15 is 0 Å². The molecule has 0 aromatic rings. The first-order valence-corrected chi connectivity index (χ1v) is 8.13. The minimum absolute atomic E-state index is 0.0208. The van der Waals surface area contributed by atoms with Gasteiger partial charge in [0.25, 0.3) is 0 Å². The van der Waals surface area contributed by atoms with Gasteiger partial charge in [-0.05, 0) is 57.4 Å². The summed E-state index contributed by atoms with van der Waals surface area (Å²) < 4.78 is 0. The number of carbonyl (C=O) groups is 1. The van der Waals surface area contributed by atoms with E-state index in [-0.39, 0.29) is 28.6 Å². The molecule has 0 saturated heterocycles. The van der Waals surface area contributed by atoms with Crippen molar-refractivity contribution < 1.29 is 9.90 Å². The van der Waals surface area contributed by atoms with Crippen LogP contribution in [0, 0.1) is 17.3 Å². The second kappa shape index (κ2) is 7.11. The van der Waals surface area contributed by atoms with Gasteiger partial charge in [0.15, 0.2) is 5.78 Å². The fourth-order valence-corrected chi connectivity index (χ4v) is 3.99. The molecule has 1 fully saturated rings. The molecule has 120 valence electrons. The van der Waals surface area contributed by atoms with Crippen LogP contribution in [0.5, 0.6) is 0 Å². The number of carbonyl (C=O) groups excluding carboxylic acids is 1. The van der Waals surface area contributed by atoms with E-state index in [1.807, 2.05) is 13.0 Å². The Morgan fingerprint density at radius 2 is 1.95 bits per heavy atom. The summed E-state index contributed by atoms with van der Waals surface area (Å²) in [6.07, 6.45) is 8.77. The molecule has 1 N–H and O–H groups in total. The van der Waals surface area contributed by atoms with Crippen LogP contribution in [0.3, 0.4) is 0 Å². The van der Waals surface area contributed by atoms with Crippen LogP contribution in [0.2, 0.25) is 0 Å². The lowest BCUT2D eigenvalue weighted by Gasteiger charge is -2.51. The zero-order valence-corrected chi connectivity index (χ0v) is 14.7. The number of aliphatic hydroxyl groups excluding tert-OH is 1. The maximum absolute atomic E-state index is 11.3. The van der Waals surface area contributed by atoms with Crippen molar-refractivity contribution in [2.75, 3.05) is 6.61 Å². The number of halogens is 1. The molecule has 0 bridgehead atoms. The van der Waals surface area contributed by atoms with Crippen molar-refractivity contribution in [1.82, 2.24) is 0 Å². The number of rotatable bonds is 5. The van der Waals surface area contributed by atoms with Crippen LogP contribution in [-0.4, -0.2) is 22.4 Å². The lowest BCUT2D eigenvalue weighted by atomic mass is 9.57.